The summed E-state index contributed by atoms with van der Waals surface area (Å²) >= 11 is 0. The maximum atomic E-state index is 13.0. The van der Waals surface area contributed by atoms with E-state index in [0.29, 0.717) is 24.3 Å². The summed E-state index contributed by atoms with van der Waals surface area (Å²) in [7, 11) is -3.76. The number of anilines is 1. The van der Waals surface area contributed by atoms with Crippen molar-refractivity contribution in [1.82, 2.24) is 9.80 Å². The van der Waals surface area contributed by atoms with E-state index < -0.39 is 10.0 Å². The van der Waals surface area contributed by atoms with Gasteiger partial charge in [0.1, 0.15) is 0 Å². The van der Waals surface area contributed by atoms with E-state index in [9.17, 15) is 13.2 Å². The average molecular weight is 388 g/mol. The number of carbonyl (C=O) groups is 1. The number of hydrogen-bond acceptors (Lipinski definition) is 4. The second-order valence-electron chi connectivity index (χ2n) is 6.69. The highest BCUT2D eigenvalue weighted by Crippen LogP contribution is 2.22. The van der Waals surface area contributed by atoms with Gasteiger partial charge in [0.15, 0.2) is 0 Å². The van der Waals surface area contributed by atoms with Crippen LogP contribution in [0, 0.1) is 6.92 Å². The van der Waals surface area contributed by atoms with Crippen LogP contribution in [0.1, 0.15) is 22.8 Å². The Morgan fingerprint density at radius 1 is 1.00 bits per heavy atom. The highest BCUT2D eigenvalue weighted by Gasteiger charge is 2.24. The van der Waals surface area contributed by atoms with Crippen LogP contribution in [0.5, 0.6) is 0 Å². The molecule has 144 valence electrons. The lowest BCUT2D eigenvalue weighted by Gasteiger charge is -2.34. The van der Waals surface area contributed by atoms with Crippen molar-refractivity contribution < 1.29 is 13.2 Å². The van der Waals surface area contributed by atoms with Crippen LogP contribution >= 0.6 is 0 Å². The van der Waals surface area contributed by atoms with Crippen molar-refractivity contribution in [1.29, 1.82) is 0 Å². The first kappa shape index (κ1) is 19.4. The molecule has 27 heavy (non-hydrogen) atoms. The molecule has 0 saturated carbocycles. The first-order valence-electron chi connectivity index (χ1n) is 9.11. The van der Waals surface area contributed by atoms with Gasteiger partial charge < -0.3 is 9.80 Å². The highest BCUT2D eigenvalue weighted by atomic mass is 32.2. The molecular formula is C20H25N3O3S. The van der Waals surface area contributed by atoms with E-state index in [0.717, 1.165) is 25.2 Å². The molecule has 0 atom stereocenters. The molecule has 1 amide bonds. The van der Waals surface area contributed by atoms with Crippen molar-refractivity contribution in [2.75, 3.05) is 37.4 Å². The lowest BCUT2D eigenvalue weighted by Crippen LogP contribution is -2.48. The van der Waals surface area contributed by atoms with E-state index in [1.807, 2.05) is 6.92 Å². The van der Waals surface area contributed by atoms with E-state index in [-0.39, 0.29) is 10.8 Å². The predicted molar refractivity (Wildman–Crippen MR) is 106 cm³/mol. The third kappa shape index (κ3) is 4.48. The van der Waals surface area contributed by atoms with Crippen molar-refractivity contribution in [3.8, 4) is 0 Å². The smallest absolute Gasteiger partial charge is 0.261 e. The summed E-state index contributed by atoms with van der Waals surface area (Å²) in [6, 6.07) is 13.4. The minimum atomic E-state index is -3.76. The molecule has 0 aliphatic carbocycles. The Morgan fingerprint density at radius 3 is 2.26 bits per heavy atom. The van der Waals surface area contributed by atoms with Gasteiger partial charge in [0, 0.05) is 26.2 Å². The normalized spacial score (nSPS) is 15.6. The van der Waals surface area contributed by atoms with Gasteiger partial charge in [-0.1, -0.05) is 36.8 Å². The Bertz CT molecular complexity index is 902. The second kappa shape index (κ2) is 8.10. The van der Waals surface area contributed by atoms with Crippen molar-refractivity contribution in [3.63, 3.8) is 0 Å². The number of para-hydroxylation sites is 1. The molecule has 7 heteroatoms. The van der Waals surface area contributed by atoms with Crippen LogP contribution < -0.4 is 4.72 Å². The molecule has 1 fully saturated rings. The van der Waals surface area contributed by atoms with Gasteiger partial charge in [0.25, 0.3) is 15.9 Å². The zero-order valence-electron chi connectivity index (χ0n) is 15.7. The molecule has 6 nitrogen and oxygen atoms in total. The number of rotatable bonds is 5. The molecular weight excluding hydrogens is 362 g/mol. The Kier molecular flexibility index (Phi) is 5.82. The number of likely N-dealkylation sites (N-methyl/N-ethyl adjacent to an activating group) is 1. The quantitative estimate of drug-likeness (QED) is 0.856. The summed E-state index contributed by atoms with van der Waals surface area (Å²) in [5.41, 5.74) is 1.66. The fourth-order valence-electron chi connectivity index (χ4n) is 3.12. The average Bonchev–Trinajstić information content (AvgIpc) is 2.68. The molecule has 0 bridgehead atoms. The fourth-order valence-corrected chi connectivity index (χ4v) is 4.20. The third-order valence-corrected chi connectivity index (χ3v) is 6.22. The van der Waals surface area contributed by atoms with E-state index in [1.54, 1.807) is 53.4 Å². The summed E-state index contributed by atoms with van der Waals surface area (Å²) in [4.78, 5) is 17.2. The first-order valence-corrected chi connectivity index (χ1v) is 10.6. The SMILES string of the molecule is CCN1CCN(C(=O)c2ccccc2NS(=O)(=O)c2ccc(C)cc2)CC1. The number of hydrogen-bond donors (Lipinski definition) is 1. The standard InChI is InChI=1S/C20H25N3O3S/c1-3-22-12-14-23(15-13-22)20(24)18-6-4-5-7-19(18)21-27(25,26)17-10-8-16(2)9-11-17/h4-11,21H,3,12-15H2,1-2H3. The lowest BCUT2D eigenvalue weighted by molar-refractivity contribution is 0.0644. The van der Waals surface area contributed by atoms with Gasteiger partial charge in [-0.25, -0.2) is 8.42 Å². The van der Waals surface area contributed by atoms with Crippen LogP contribution in [0.4, 0.5) is 5.69 Å². The zero-order valence-corrected chi connectivity index (χ0v) is 16.5. The minimum absolute atomic E-state index is 0.145. The molecule has 0 unspecified atom stereocenters. The van der Waals surface area contributed by atoms with Crippen molar-refractivity contribution in [2.24, 2.45) is 0 Å². The summed E-state index contributed by atoms with van der Waals surface area (Å²) in [5, 5.41) is 0. The molecule has 2 aromatic carbocycles. The predicted octanol–water partition coefficient (Wildman–Crippen LogP) is 2.57. The molecule has 0 radical (unpaired) electrons. The molecule has 1 aliphatic heterocycles. The van der Waals surface area contributed by atoms with Crippen LogP contribution in [0.2, 0.25) is 0 Å². The number of amides is 1. The number of nitrogens with zero attached hydrogens (tertiary/aromatic N) is 2. The van der Waals surface area contributed by atoms with E-state index in [2.05, 4.69) is 16.5 Å². The van der Waals surface area contributed by atoms with E-state index >= 15 is 0 Å². The van der Waals surface area contributed by atoms with E-state index in [1.165, 1.54) is 0 Å². The first-order chi connectivity index (χ1) is 12.9. The molecule has 0 aromatic heterocycles. The largest absolute Gasteiger partial charge is 0.336 e. The molecule has 1 N–H and O–H groups in total. The summed E-state index contributed by atoms with van der Waals surface area (Å²) in [6.45, 7) is 7.92. The maximum Gasteiger partial charge on any atom is 0.261 e. The Labute approximate surface area is 160 Å². The number of piperazine rings is 1. The summed E-state index contributed by atoms with van der Waals surface area (Å²) in [6.07, 6.45) is 0. The number of nitrogens with one attached hydrogen (secondary N) is 1. The number of sulfonamides is 1. The van der Waals surface area contributed by atoms with Gasteiger partial charge in [-0.3, -0.25) is 9.52 Å². The minimum Gasteiger partial charge on any atom is -0.336 e. The van der Waals surface area contributed by atoms with E-state index in [4.69, 9.17) is 0 Å². The van der Waals surface area contributed by atoms with Crippen LogP contribution in [0.25, 0.3) is 0 Å². The van der Waals surface area contributed by atoms with Crippen LogP contribution in [0.15, 0.2) is 53.4 Å². The molecule has 1 heterocycles. The summed E-state index contributed by atoms with van der Waals surface area (Å²) < 4.78 is 28.0. The number of benzene rings is 2. The Hall–Kier alpha value is -2.38. The van der Waals surface area contributed by atoms with Gasteiger partial charge in [-0.05, 0) is 37.7 Å². The highest BCUT2D eigenvalue weighted by molar-refractivity contribution is 7.92. The monoisotopic (exact) mass is 387 g/mol. The van der Waals surface area contributed by atoms with Crippen LogP contribution in [0.3, 0.4) is 0 Å². The number of carbonyl (C=O) groups excluding carboxylic acids is 1. The maximum absolute atomic E-state index is 13.0. The fraction of sp³-hybridized carbons (Fsp3) is 0.350. The zero-order chi connectivity index (χ0) is 19.4. The van der Waals surface area contributed by atoms with Crippen molar-refractivity contribution in [3.05, 3.63) is 59.7 Å². The van der Waals surface area contributed by atoms with Crippen LogP contribution in [-0.2, 0) is 10.0 Å². The van der Waals surface area contributed by atoms with Crippen molar-refractivity contribution >= 4 is 21.6 Å². The van der Waals surface area contributed by atoms with Gasteiger partial charge >= 0.3 is 0 Å². The topological polar surface area (TPSA) is 69.7 Å². The molecule has 1 aliphatic rings. The molecule has 1 saturated heterocycles. The van der Waals surface area contributed by atoms with Gasteiger partial charge in [0.05, 0.1) is 16.1 Å². The van der Waals surface area contributed by atoms with Gasteiger partial charge in [0.2, 0.25) is 0 Å². The molecule has 3 rings (SSSR count). The molecule has 0 spiro atoms. The van der Waals surface area contributed by atoms with Crippen LogP contribution in [-0.4, -0.2) is 56.8 Å². The Balaban J connectivity index is 1.82. The second-order valence-corrected chi connectivity index (χ2v) is 8.37. The summed E-state index contributed by atoms with van der Waals surface area (Å²) in [5.74, 6) is -0.145. The Morgan fingerprint density at radius 2 is 1.63 bits per heavy atom. The van der Waals surface area contributed by atoms with Gasteiger partial charge in [-0.15, -0.1) is 0 Å². The van der Waals surface area contributed by atoms with Crippen molar-refractivity contribution in [2.45, 2.75) is 18.7 Å². The lowest BCUT2D eigenvalue weighted by atomic mass is 10.1. The van der Waals surface area contributed by atoms with Gasteiger partial charge in [-0.2, -0.15) is 0 Å². The number of aryl methyl sites for hydroxylation is 1. The molecule has 2 aromatic rings. The third-order valence-electron chi connectivity index (χ3n) is 4.84.